The molecule has 2 fully saturated rings. The Kier molecular flexibility index (Phi) is 2.11. The molecule has 2 heterocycles. The van der Waals surface area contributed by atoms with Crippen molar-refractivity contribution in [3.8, 4) is 0 Å². The molecule has 1 unspecified atom stereocenters. The first-order valence-corrected chi connectivity index (χ1v) is 6.00. The Morgan fingerprint density at radius 3 is 2.93 bits per heavy atom. The summed E-state index contributed by atoms with van der Waals surface area (Å²) in [6, 6.07) is 0.806. The summed E-state index contributed by atoms with van der Waals surface area (Å²) in [5.41, 5.74) is 0. The number of fused-ring (bicyclic) bond motifs is 1. The smallest absolute Gasteiger partial charge is 0.194 e. The van der Waals surface area contributed by atoms with Gasteiger partial charge in [-0.15, -0.1) is 0 Å². The Balaban J connectivity index is 1.76. The van der Waals surface area contributed by atoms with Crippen LogP contribution < -0.4 is 5.32 Å². The van der Waals surface area contributed by atoms with Crippen molar-refractivity contribution in [1.82, 2.24) is 10.2 Å². The van der Waals surface area contributed by atoms with Crippen LogP contribution in [0.2, 0.25) is 0 Å². The summed E-state index contributed by atoms with van der Waals surface area (Å²) in [4.78, 5) is 7.07. The summed E-state index contributed by atoms with van der Waals surface area (Å²) < 4.78 is 0. The highest BCUT2D eigenvalue weighted by Crippen LogP contribution is 2.33. The first kappa shape index (κ1) is 8.57. The third kappa shape index (κ3) is 1.30. The Morgan fingerprint density at radius 1 is 1.21 bits per heavy atom. The average molecular weight is 193 g/mol. The predicted molar refractivity (Wildman–Crippen MR) is 57.4 cm³/mol. The Morgan fingerprint density at radius 2 is 2.07 bits per heavy atom. The fraction of sp³-hybridized carbons (Fsp3) is 0.909. The Hall–Kier alpha value is -0.730. The maximum atomic E-state index is 4.54. The molecular formula is C11H19N3. The van der Waals surface area contributed by atoms with Crippen molar-refractivity contribution in [3.05, 3.63) is 0 Å². The monoisotopic (exact) mass is 193 g/mol. The van der Waals surface area contributed by atoms with E-state index in [0.717, 1.165) is 25.0 Å². The van der Waals surface area contributed by atoms with Crippen molar-refractivity contribution in [2.24, 2.45) is 10.9 Å². The molecule has 3 rings (SSSR count). The zero-order valence-electron chi connectivity index (χ0n) is 8.71. The second kappa shape index (κ2) is 3.44. The van der Waals surface area contributed by atoms with E-state index in [4.69, 9.17) is 0 Å². The molecule has 3 heteroatoms. The molecule has 2 aliphatic heterocycles. The van der Waals surface area contributed by atoms with E-state index in [-0.39, 0.29) is 0 Å². The normalized spacial score (nSPS) is 32.7. The number of hydrogen-bond acceptors (Lipinski definition) is 3. The summed E-state index contributed by atoms with van der Waals surface area (Å²) >= 11 is 0. The van der Waals surface area contributed by atoms with Gasteiger partial charge in [-0.2, -0.15) is 0 Å². The van der Waals surface area contributed by atoms with Crippen LogP contribution in [0.15, 0.2) is 4.99 Å². The van der Waals surface area contributed by atoms with Gasteiger partial charge in [-0.25, -0.2) is 0 Å². The van der Waals surface area contributed by atoms with Gasteiger partial charge in [0.15, 0.2) is 5.96 Å². The molecule has 1 saturated heterocycles. The first-order valence-electron chi connectivity index (χ1n) is 6.00. The number of nitrogens with zero attached hydrogens (tertiary/aromatic N) is 2. The van der Waals surface area contributed by atoms with E-state index in [0.29, 0.717) is 0 Å². The molecule has 3 nitrogen and oxygen atoms in total. The third-order valence-corrected chi connectivity index (χ3v) is 3.94. The van der Waals surface area contributed by atoms with Crippen LogP contribution in [0.5, 0.6) is 0 Å². The fourth-order valence-electron chi connectivity index (χ4n) is 3.26. The van der Waals surface area contributed by atoms with Crippen molar-refractivity contribution < 1.29 is 0 Å². The van der Waals surface area contributed by atoms with E-state index in [9.17, 15) is 0 Å². The van der Waals surface area contributed by atoms with Crippen molar-refractivity contribution >= 4 is 5.96 Å². The molecule has 1 atom stereocenters. The maximum Gasteiger partial charge on any atom is 0.194 e. The lowest BCUT2D eigenvalue weighted by molar-refractivity contribution is 0.222. The molecule has 0 amide bonds. The summed E-state index contributed by atoms with van der Waals surface area (Å²) in [6.45, 7) is 3.32. The molecule has 0 spiro atoms. The number of hydrogen-bond donors (Lipinski definition) is 1. The number of guanidine groups is 1. The molecule has 78 valence electrons. The lowest BCUT2D eigenvalue weighted by atomic mass is 9.93. The fourth-order valence-corrected chi connectivity index (χ4v) is 3.26. The lowest BCUT2D eigenvalue weighted by Crippen LogP contribution is -2.46. The van der Waals surface area contributed by atoms with Crippen LogP contribution in [0.25, 0.3) is 0 Å². The van der Waals surface area contributed by atoms with Crippen molar-refractivity contribution in [2.75, 3.05) is 19.6 Å². The van der Waals surface area contributed by atoms with E-state index in [1.165, 1.54) is 44.6 Å². The zero-order chi connectivity index (χ0) is 9.38. The molecule has 0 radical (unpaired) electrons. The summed E-state index contributed by atoms with van der Waals surface area (Å²) in [7, 11) is 0. The third-order valence-electron chi connectivity index (χ3n) is 3.94. The predicted octanol–water partition coefficient (Wildman–Crippen LogP) is 1.21. The van der Waals surface area contributed by atoms with Gasteiger partial charge in [0.05, 0.1) is 0 Å². The Labute approximate surface area is 85.6 Å². The van der Waals surface area contributed by atoms with Gasteiger partial charge >= 0.3 is 0 Å². The lowest BCUT2D eigenvalue weighted by Gasteiger charge is -2.36. The molecule has 1 N–H and O–H groups in total. The van der Waals surface area contributed by atoms with E-state index in [1.54, 1.807) is 0 Å². The van der Waals surface area contributed by atoms with Crippen LogP contribution in [0, 0.1) is 5.92 Å². The van der Waals surface area contributed by atoms with Gasteiger partial charge < -0.3 is 10.2 Å². The van der Waals surface area contributed by atoms with Gasteiger partial charge in [-0.1, -0.05) is 12.8 Å². The minimum atomic E-state index is 0.806. The molecule has 1 aliphatic carbocycles. The molecule has 0 aromatic heterocycles. The van der Waals surface area contributed by atoms with Gasteiger partial charge in [0.25, 0.3) is 0 Å². The number of aliphatic imine (C=N–C) groups is 1. The van der Waals surface area contributed by atoms with E-state index in [1.807, 2.05) is 0 Å². The summed E-state index contributed by atoms with van der Waals surface area (Å²) in [5, 5.41) is 3.39. The number of nitrogens with one attached hydrogen (secondary N) is 1. The molecule has 3 aliphatic rings. The van der Waals surface area contributed by atoms with E-state index >= 15 is 0 Å². The van der Waals surface area contributed by atoms with E-state index in [2.05, 4.69) is 15.2 Å². The Bertz CT molecular complexity index is 243. The molecule has 14 heavy (non-hydrogen) atoms. The first-order chi connectivity index (χ1) is 6.95. The van der Waals surface area contributed by atoms with Crippen molar-refractivity contribution in [1.29, 1.82) is 0 Å². The molecular weight excluding hydrogens is 174 g/mol. The second-order valence-corrected chi connectivity index (χ2v) is 4.73. The van der Waals surface area contributed by atoms with Gasteiger partial charge in [-0.05, 0) is 25.2 Å². The van der Waals surface area contributed by atoms with Crippen molar-refractivity contribution in [2.45, 2.75) is 38.1 Å². The number of rotatable bonds is 1. The second-order valence-electron chi connectivity index (χ2n) is 4.73. The summed E-state index contributed by atoms with van der Waals surface area (Å²) in [6.07, 6.45) is 7.10. The topological polar surface area (TPSA) is 27.6 Å². The van der Waals surface area contributed by atoms with Gasteiger partial charge in [0.1, 0.15) is 0 Å². The van der Waals surface area contributed by atoms with Crippen LogP contribution in [0.3, 0.4) is 0 Å². The van der Waals surface area contributed by atoms with Crippen LogP contribution in [0.1, 0.15) is 32.1 Å². The van der Waals surface area contributed by atoms with Crippen molar-refractivity contribution in [3.63, 3.8) is 0 Å². The highest BCUT2D eigenvalue weighted by molar-refractivity contribution is 5.82. The maximum absolute atomic E-state index is 4.54. The minimum absolute atomic E-state index is 0.806. The molecule has 0 bridgehead atoms. The quantitative estimate of drug-likeness (QED) is 0.678. The SMILES string of the molecule is C1CCC(C2CCN=C3NCCN32)C1. The highest BCUT2D eigenvalue weighted by Gasteiger charge is 2.35. The van der Waals surface area contributed by atoms with Crippen LogP contribution >= 0.6 is 0 Å². The molecule has 0 aromatic rings. The van der Waals surface area contributed by atoms with Crippen LogP contribution in [0.4, 0.5) is 0 Å². The van der Waals surface area contributed by atoms with Gasteiger partial charge in [-0.3, -0.25) is 4.99 Å². The van der Waals surface area contributed by atoms with Gasteiger partial charge in [0, 0.05) is 25.7 Å². The largest absolute Gasteiger partial charge is 0.354 e. The average Bonchev–Trinajstić information content (AvgIpc) is 2.88. The van der Waals surface area contributed by atoms with Gasteiger partial charge in [0.2, 0.25) is 0 Å². The van der Waals surface area contributed by atoms with E-state index < -0.39 is 0 Å². The standard InChI is InChI=1S/C11H19N3/c1-2-4-9(3-1)10-5-6-12-11-13-7-8-14(10)11/h9-10H,1-8H2,(H,12,13). The molecule has 0 aromatic carbocycles. The van der Waals surface area contributed by atoms with Crippen LogP contribution in [-0.2, 0) is 0 Å². The zero-order valence-corrected chi connectivity index (χ0v) is 8.71. The van der Waals surface area contributed by atoms with Crippen LogP contribution in [-0.4, -0.2) is 36.5 Å². The summed E-state index contributed by atoms with van der Waals surface area (Å²) in [5.74, 6) is 2.15. The highest BCUT2D eigenvalue weighted by atomic mass is 15.4. The molecule has 1 saturated carbocycles. The minimum Gasteiger partial charge on any atom is -0.354 e.